The molecule has 4 nitrogen and oxygen atoms in total. The SMILES string of the molecule is CCC(=O)c1ccccc1.CCOC(=O)O. The Kier molecular flexibility index (Phi) is 7.49. The van der Waals surface area contributed by atoms with Crippen LogP contribution in [0.1, 0.15) is 30.6 Å². The van der Waals surface area contributed by atoms with Gasteiger partial charge in [0.25, 0.3) is 0 Å². The van der Waals surface area contributed by atoms with Crippen LogP contribution in [0, 0.1) is 0 Å². The van der Waals surface area contributed by atoms with Crippen LogP contribution in [0.4, 0.5) is 4.79 Å². The van der Waals surface area contributed by atoms with Crippen LogP contribution in [0.3, 0.4) is 0 Å². The van der Waals surface area contributed by atoms with Crippen LogP contribution in [0.2, 0.25) is 0 Å². The highest BCUT2D eigenvalue weighted by Gasteiger charge is 1.98. The Morgan fingerprint density at radius 2 is 1.75 bits per heavy atom. The second kappa shape index (κ2) is 8.47. The maximum Gasteiger partial charge on any atom is 0.505 e. The third-order valence-corrected chi connectivity index (χ3v) is 1.68. The summed E-state index contributed by atoms with van der Waals surface area (Å²) in [5, 5.41) is 7.69. The predicted octanol–water partition coefficient (Wildman–Crippen LogP) is 2.98. The summed E-state index contributed by atoms with van der Waals surface area (Å²) < 4.78 is 3.96. The number of rotatable bonds is 3. The molecule has 0 saturated carbocycles. The van der Waals surface area contributed by atoms with Crippen LogP contribution in [0.25, 0.3) is 0 Å². The van der Waals surface area contributed by atoms with Gasteiger partial charge in [0.1, 0.15) is 0 Å². The van der Waals surface area contributed by atoms with Crippen LogP contribution < -0.4 is 0 Å². The molecular formula is C12H16O4. The largest absolute Gasteiger partial charge is 0.505 e. The van der Waals surface area contributed by atoms with Gasteiger partial charge in [0.05, 0.1) is 6.61 Å². The molecule has 0 bridgehead atoms. The van der Waals surface area contributed by atoms with Crippen molar-refractivity contribution in [2.24, 2.45) is 0 Å². The first-order chi connectivity index (χ1) is 7.61. The van der Waals surface area contributed by atoms with Gasteiger partial charge in [-0.3, -0.25) is 4.79 Å². The Morgan fingerprint density at radius 3 is 2.06 bits per heavy atom. The minimum Gasteiger partial charge on any atom is -0.450 e. The Balaban J connectivity index is 0.000000325. The average Bonchev–Trinajstić information content (AvgIpc) is 2.30. The highest BCUT2D eigenvalue weighted by Crippen LogP contribution is 2.01. The van der Waals surface area contributed by atoms with E-state index in [0.29, 0.717) is 6.42 Å². The van der Waals surface area contributed by atoms with Crippen LogP contribution in [0.5, 0.6) is 0 Å². The van der Waals surface area contributed by atoms with Crippen molar-refractivity contribution in [2.75, 3.05) is 6.61 Å². The first kappa shape index (κ1) is 14.2. The van der Waals surface area contributed by atoms with E-state index in [-0.39, 0.29) is 12.4 Å². The van der Waals surface area contributed by atoms with Crippen LogP contribution in [-0.4, -0.2) is 23.7 Å². The van der Waals surface area contributed by atoms with Crippen molar-refractivity contribution in [3.63, 3.8) is 0 Å². The van der Waals surface area contributed by atoms with E-state index >= 15 is 0 Å². The van der Waals surface area contributed by atoms with Gasteiger partial charge in [-0.2, -0.15) is 0 Å². The predicted molar refractivity (Wildman–Crippen MR) is 60.7 cm³/mol. The van der Waals surface area contributed by atoms with E-state index in [1.54, 1.807) is 6.92 Å². The highest BCUT2D eigenvalue weighted by atomic mass is 16.7. The van der Waals surface area contributed by atoms with Gasteiger partial charge in [0, 0.05) is 12.0 Å². The molecular weight excluding hydrogens is 208 g/mol. The van der Waals surface area contributed by atoms with E-state index < -0.39 is 6.16 Å². The Labute approximate surface area is 94.9 Å². The molecule has 1 rings (SSSR count). The van der Waals surface area contributed by atoms with Crippen LogP contribution >= 0.6 is 0 Å². The number of benzene rings is 1. The normalized spacial score (nSPS) is 8.62. The van der Waals surface area contributed by atoms with Crippen LogP contribution in [0.15, 0.2) is 30.3 Å². The van der Waals surface area contributed by atoms with E-state index in [1.165, 1.54) is 0 Å². The van der Waals surface area contributed by atoms with Gasteiger partial charge in [0.15, 0.2) is 5.78 Å². The Morgan fingerprint density at radius 1 is 1.19 bits per heavy atom. The fourth-order valence-corrected chi connectivity index (χ4v) is 0.952. The molecule has 4 heteroatoms. The van der Waals surface area contributed by atoms with Crippen molar-refractivity contribution in [3.05, 3.63) is 35.9 Å². The molecule has 0 atom stereocenters. The van der Waals surface area contributed by atoms with E-state index in [2.05, 4.69) is 4.74 Å². The minimum absolute atomic E-state index is 0.209. The fraction of sp³-hybridized carbons (Fsp3) is 0.333. The van der Waals surface area contributed by atoms with Crippen molar-refractivity contribution in [1.82, 2.24) is 0 Å². The smallest absolute Gasteiger partial charge is 0.450 e. The van der Waals surface area contributed by atoms with Crippen LogP contribution in [-0.2, 0) is 4.74 Å². The third-order valence-electron chi connectivity index (χ3n) is 1.68. The maximum atomic E-state index is 11.0. The maximum absolute atomic E-state index is 11.0. The molecule has 0 radical (unpaired) electrons. The molecule has 0 fully saturated rings. The van der Waals surface area contributed by atoms with E-state index in [1.807, 2.05) is 37.3 Å². The number of hydrogen-bond donors (Lipinski definition) is 1. The van der Waals surface area contributed by atoms with E-state index in [9.17, 15) is 9.59 Å². The second-order valence-electron chi connectivity index (χ2n) is 2.84. The molecule has 0 spiro atoms. The minimum atomic E-state index is -1.21. The molecule has 1 aromatic carbocycles. The zero-order chi connectivity index (χ0) is 12.4. The Hall–Kier alpha value is -1.84. The number of carbonyl (C=O) groups is 2. The zero-order valence-electron chi connectivity index (χ0n) is 9.47. The summed E-state index contributed by atoms with van der Waals surface area (Å²) in [4.78, 5) is 20.4. The summed E-state index contributed by atoms with van der Waals surface area (Å²) in [6, 6.07) is 9.34. The molecule has 0 aliphatic heterocycles. The molecule has 0 saturated heterocycles. The molecule has 0 amide bonds. The van der Waals surface area contributed by atoms with Crippen molar-refractivity contribution in [1.29, 1.82) is 0 Å². The lowest BCUT2D eigenvalue weighted by Gasteiger charge is -1.93. The van der Waals surface area contributed by atoms with Crippen molar-refractivity contribution in [3.8, 4) is 0 Å². The summed E-state index contributed by atoms with van der Waals surface area (Å²) in [6.07, 6.45) is -0.623. The summed E-state index contributed by atoms with van der Waals surface area (Å²) in [6.45, 7) is 3.72. The molecule has 0 unspecified atom stereocenters. The lowest BCUT2D eigenvalue weighted by Crippen LogP contribution is -1.97. The van der Waals surface area contributed by atoms with Gasteiger partial charge in [-0.15, -0.1) is 0 Å². The topological polar surface area (TPSA) is 63.6 Å². The summed E-state index contributed by atoms with van der Waals surface area (Å²) in [5.41, 5.74) is 0.810. The van der Waals surface area contributed by atoms with Gasteiger partial charge in [0.2, 0.25) is 0 Å². The lowest BCUT2D eigenvalue weighted by atomic mass is 10.1. The number of Topliss-reactive ketones (excluding diaryl/α,β-unsaturated/α-hetero) is 1. The number of carboxylic acid groups (broad SMARTS) is 1. The number of ketones is 1. The Bertz CT molecular complexity index is 319. The molecule has 1 N–H and O–H groups in total. The van der Waals surface area contributed by atoms with E-state index in [0.717, 1.165) is 5.56 Å². The molecule has 16 heavy (non-hydrogen) atoms. The monoisotopic (exact) mass is 224 g/mol. The summed E-state index contributed by atoms with van der Waals surface area (Å²) >= 11 is 0. The quantitative estimate of drug-likeness (QED) is 0.633. The van der Waals surface area contributed by atoms with Crippen molar-refractivity contribution >= 4 is 11.9 Å². The van der Waals surface area contributed by atoms with Gasteiger partial charge in [-0.1, -0.05) is 37.3 Å². The standard InChI is InChI=1S/C9H10O.C3H6O3/c1-2-9(10)8-6-4-3-5-7-8;1-2-6-3(4)5/h3-7H,2H2,1H3;2H2,1H3,(H,4,5). The van der Waals surface area contributed by atoms with Gasteiger partial charge >= 0.3 is 6.16 Å². The van der Waals surface area contributed by atoms with Gasteiger partial charge in [-0.25, -0.2) is 4.79 Å². The second-order valence-corrected chi connectivity index (χ2v) is 2.84. The number of hydrogen-bond acceptors (Lipinski definition) is 3. The van der Waals surface area contributed by atoms with Crippen molar-refractivity contribution in [2.45, 2.75) is 20.3 Å². The summed E-state index contributed by atoms with van der Waals surface area (Å²) in [5.74, 6) is 0.209. The first-order valence-corrected chi connectivity index (χ1v) is 5.05. The number of carbonyl (C=O) groups excluding carboxylic acids is 1. The van der Waals surface area contributed by atoms with Gasteiger partial charge < -0.3 is 9.84 Å². The molecule has 0 aliphatic rings. The average molecular weight is 224 g/mol. The van der Waals surface area contributed by atoms with Gasteiger partial charge in [-0.05, 0) is 6.92 Å². The lowest BCUT2D eigenvalue weighted by molar-refractivity contribution is 0.0962. The molecule has 88 valence electrons. The highest BCUT2D eigenvalue weighted by molar-refractivity contribution is 5.95. The van der Waals surface area contributed by atoms with E-state index in [4.69, 9.17) is 5.11 Å². The molecule has 0 aliphatic carbocycles. The zero-order valence-corrected chi connectivity index (χ0v) is 9.47. The molecule has 0 heterocycles. The molecule has 1 aromatic rings. The third kappa shape index (κ3) is 6.59. The van der Waals surface area contributed by atoms with Crippen molar-refractivity contribution < 1.29 is 19.4 Å². The number of ether oxygens (including phenoxy) is 1. The summed E-state index contributed by atoms with van der Waals surface area (Å²) in [7, 11) is 0. The first-order valence-electron chi connectivity index (χ1n) is 5.05. The fourth-order valence-electron chi connectivity index (χ4n) is 0.952. The molecule has 0 aromatic heterocycles.